The zero-order chi connectivity index (χ0) is 11.1. The van der Waals surface area contributed by atoms with Crippen molar-refractivity contribution in [3.05, 3.63) is 0 Å². The number of nitrogens with one attached hydrogen (secondary N) is 1. The monoisotopic (exact) mass is 202 g/mol. The molecule has 0 bridgehead atoms. The Balaban J connectivity index is 3.78. The molecule has 14 heavy (non-hydrogen) atoms. The van der Waals surface area contributed by atoms with E-state index in [-0.39, 0.29) is 25.0 Å². The number of hydrogen-bond acceptors (Lipinski definition) is 2. The normalized spacial score (nSPS) is 11.9. The van der Waals surface area contributed by atoms with E-state index < -0.39 is 5.97 Å². The molecule has 0 fully saturated rings. The van der Waals surface area contributed by atoms with Crippen molar-refractivity contribution in [1.29, 1.82) is 0 Å². The van der Waals surface area contributed by atoms with Crippen LogP contribution in [0.25, 0.3) is 0 Å². The molecule has 2 N–H and O–H groups in total. The molecule has 2 amide bonds. The number of carboxylic acids is 1. The van der Waals surface area contributed by atoms with Gasteiger partial charge in [-0.3, -0.25) is 4.79 Å². The van der Waals surface area contributed by atoms with Crippen LogP contribution in [0.3, 0.4) is 0 Å². The summed E-state index contributed by atoms with van der Waals surface area (Å²) in [7, 11) is 1.70. The van der Waals surface area contributed by atoms with E-state index in [1.807, 2.05) is 13.8 Å². The molecule has 0 aliphatic rings. The molecule has 0 aliphatic carbocycles. The zero-order valence-electron chi connectivity index (χ0n) is 8.91. The molecule has 0 heterocycles. The standard InChI is InChI=1S/C9H18N2O3/c1-4-7(2)11(3)9(14)10-6-5-8(12)13/h7H,4-6H2,1-3H3,(H,10,14)(H,12,13). The van der Waals surface area contributed by atoms with Crippen LogP contribution in [0.1, 0.15) is 26.7 Å². The van der Waals surface area contributed by atoms with E-state index >= 15 is 0 Å². The van der Waals surface area contributed by atoms with Gasteiger partial charge in [0.15, 0.2) is 0 Å². The average molecular weight is 202 g/mol. The number of nitrogens with zero attached hydrogens (tertiary/aromatic N) is 1. The van der Waals surface area contributed by atoms with Gasteiger partial charge in [0.2, 0.25) is 0 Å². The van der Waals surface area contributed by atoms with Gasteiger partial charge in [0.05, 0.1) is 6.42 Å². The van der Waals surface area contributed by atoms with Gasteiger partial charge in [-0.15, -0.1) is 0 Å². The molecule has 0 radical (unpaired) electrons. The molecule has 1 unspecified atom stereocenters. The Bertz CT molecular complexity index is 206. The fraction of sp³-hybridized carbons (Fsp3) is 0.778. The third kappa shape index (κ3) is 4.69. The minimum Gasteiger partial charge on any atom is -0.481 e. The third-order valence-electron chi connectivity index (χ3n) is 2.19. The molecule has 0 saturated heterocycles. The predicted octanol–water partition coefficient (Wildman–Crippen LogP) is 0.901. The fourth-order valence-electron chi connectivity index (χ4n) is 0.875. The summed E-state index contributed by atoms with van der Waals surface area (Å²) in [6.07, 6.45) is 0.836. The van der Waals surface area contributed by atoms with Gasteiger partial charge in [0.25, 0.3) is 0 Å². The molecule has 0 aromatic heterocycles. The van der Waals surface area contributed by atoms with Crippen molar-refractivity contribution >= 4 is 12.0 Å². The smallest absolute Gasteiger partial charge is 0.317 e. The van der Waals surface area contributed by atoms with Crippen LogP contribution < -0.4 is 5.32 Å². The van der Waals surface area contributed by atoms with Crippen molar-refractivity contribution in [3.63, 3.8) is 0 Å². The number of amides is 2. The van der Waals surface area contributed by atoms with Gasteiger partial charge in [-0.1, -0.05) is 6.92 Å². The van der Waals surface area contributed by atoms with E-state index in [0.717, 1.165) is 6.42 Å². The quantitative estimate of drug-likeness (QED) is 0.696. The van der Waals surface area contributed by atoms with Crippen molar-refractivity contribution in [1.82, 2.24) is 10.2 Å². The van der Waals surface area contributed by atoms with Crippen LogP contribution in [0.4, 0.5) is 4.79 Å². The zero-order valence-corrected chi connectivity index (χ0v) is 8.91. The maximum atomic E-state index is 11.3. The molecular formula is C9H18N2O3. The van der Waals surface area contributed by atoms with Crippen LogP contribution in [0.2, 0.25) is 0 Å². The first-order chi connectivity index (χ1) is 6.49. The number of carboxylic acid groups (broad SMARTS) is 1. The minimum absolute atomic E-state index is 0.0416. The predicted molar refractivity (Wildman–Crippen MR) is 53.2 cm³/mol. The lowest BCUT2D eigenvalue weighted by Crippen LogP contribution is -2.42. The first kappa shape index (κ1) is 12.7. The first-order valence-electron chi connectivity index (χ1n) is 4.71. The molecule has 82 valence electrons. The van der Waals surface area contributed by atoms with E-state index in [4.69, 9.17) is 5.11 Å². The summed E-state index contributed by atoms with van der Waals surface area (Å²) in [5.74, 6) is -0.906. The Hall–Kier alpha value is -1.26. The van der Waals surface area contributed by atoms with Gasteiger partial charge >= 0.3 is 12.0 Å². The van der Waals surface area contributed by atoms with Crippen LogP contribution in [-0.4, -0.2) is 41.6 Å². The largest absolute Gasteiger partial charge is 0.481 e. The number of rotatable bonds is 5. The molecule has 0 aromatic carbocycles. The van der Waals surface area contributed by atoms with Gasteiger partial charge in [-0.05, 0) is 13.3 Å². The van der Waals surface area contributed by atoms with Crippen molar-refractivity contribution in [2.75, 3.05) is 13.6 Å². The summed E-state index contributed by atoms with van der Waals surface area (Å²) in [4.78, 5) is 23.1. The average Bonchev–Trinajstić information content (AvgIpc) is 2.14. The van der Waals surface area contributed by atoms with Gasteiger partial charge in [-0.25, -0.2) is 4.79 Å². The summed E-state index contributed by atoms with van der Waals surface area (Å²) in [5, 5.41) is 10.9. The van der Waals surface area contributed by atoms with Crippen molar-refractivity contribution in [2.24, 2.45) is 0 Å². The Morgan fingerprint density at radius 1 is 1.50 bits per heavy atom. The molecule has 0 saturated carbocycles. The summed E-state index contributed by atoms with van der Waals surface area (Å²) >= 11 is 0. The molecule has 0 aliphatic heterocycles. The van der Waals surface area contributed by atoms with Gasteiger partial charge < -0.3 is 15.3 Å². The van der Waals surface area contributed by atoms with E-state index in [1.165, 1.54) is 0 Å². The highest BCUT2D eigenvalue weighted by Gasteiger charge is 2.13. The highest BCUT2D eigenvalue weighted by Crippen LogP contribution is 1.99. The SMILES string of the molecule is CCC(C)N(C)C(=O)NCCC(=O)O. The van der Waals surface area contributed by atoms with Gasteiger partial charge in [0.1, 0.15) is 0 Å². The molecular weight excluding hydrogens is 184 g/mol. The van der Waals surface area contributed by atoms with E-state index in [1.54, 1.807) is 11.9 Å². The number of urea groups is 1. The number of hydrogen-bond donors (Lipinski definition) is 2. The second-order valence-electron chi connectivity index (χ2n) is 3.24. The van der Waals surface area contributed by atoms with Crippen LogP contribution in [-0.2, 0) is 4.79 Å². The summed E-state index contributed by atoms with van der Waals surface area (Å²) in [6.45, 7) is 4.11. The van der Waals surface area contributed by atoms with Crippen LogP contribution >= 0.6 is 0 Å². The van der Waals surface area contributed by atoms with Crippen molar-refractivity contribution in [3.8, 4) is 0 Å². The Morgan fingerprint density at radius 3 is 2.50 bits per heavy atom. The highest BCUT2D eigenvalue weighted by atomic mass is 16.4. The van der Waals surface area contributed by atoms with Crippen LogP contribution in [0.15, 0.2) is 0 Å². The molecule has 5 nitrogen and oxygen atoms in total. The van der Waals surface area contributed by atoms with Gasteiger partial charge in [0, 0.05) is 19.6 Å². The maximum Gasteiger partial charge on any atom is 0.317 e. The summed E-state index contributed by atoms with van der Waals surface area (Å²) in [5.41, 5.74) is 0. The summed E-state index contributed by atoms with van der Waals surface area (Å²) in [6, 6.07) is -0.0552. The second-order valence-corrected chi connectivity index (χ2v) is 3.24. The Morgan fingerprint density at radius 2 is 2.07 bits per heavy atom. The molecule has 5 heteroatoms. The number of carbonyl (C=O) groups is 2. The lowest BCUT2D eigenvalue weighted by atomic mass is 10.2. The van der Waals surface area contributed by atoms with Gasteiger partial charge in [-0.2, -0.15) is 0 Å². The molecule has 0 aromatic rings. The molecule has 1 atom stereocenters. The topological polar surface area (TPSA) is 69.6 Å². The molecule has 0 rings (SSSR count). The van der Waals surface area contributed by atoms with Crippen LogP contribution in [0.5, 0.6) is 0 Å². The lowest BCUT2D eigenvalue weighted by Gasteiger charge is -2.23. The fourth-order valence-corrected chi connectivity index (χ4v) is 0.875. The number of carbonyl (C=O) groups excluding carboxylic acids is 1. The van der Waals surface area contributed by atoms with E-state index in [0.29, 0.717) is 0 Å². The second kappa shape index (κ2) is 6.23. The third-order valence-corrected chi connectivity index (χ3v) is 2.19. The Kier molecular flexibility index (Phi) is 5.67. The first-order valence-corrected chi connectivity index (χ1v) is 4.71. The van der Waals surface area contributed by atoms with E-state index in [9.17, 15) is 9.59 Å². The van der Waals surface area contributed by atoms with Crippen molar-refractivity contribution in [2.45, 2.75) is 32.7 Å². The Labute approximate surface area is 84.1 Å². The maximum absolute atomic E-state index is 11.3. The van der Waals surface area contributed by atoms with E-state index in [2.05, 4.69) is 5.32 Å². The highest BCUT2D eigenvalue weighted by molar-refractivity contribution is 5.75. The summed E-state index contributed by atoms with van der Waals surface area (Å²) < 4.78 is 0. The minimum atomic E-state index is -0.906. The number of aliphatic carboxylic acids is 1. The van der Waals surface area contributed by atoms with Crippen LogP contribution in [0, 0.1) is 0 Å². The molecule has 0 spiro atoms. The lowest BCUT2D eigenvalue weighted by molar-refractivity contribution is -0.136. The van der Waals surface area contributed by atoms with Crippen molar-refractivity contribution < 1.29 is 14.7 Å².